The molecule has 0 fully saturated rings. The van der Waals surface area contributed by atoms with E-state index >= 15 is 0 Å². The predicted molar refractivity (Wildman–Crippen MR) is 84.3 cm³/mol. The highest BCUT2D eigenvalue weighted by Gasteiger charge is 2.15. The Morgan fingerprint density at radius 3 is 2.87 bits per heavy atom. The van der Waals surface area contributed by atoms with Crippen LogP contribution in [0.15, 0.2) is 24.5 Å². The van der Waals surface area contributed by atoms with Gasteiger partial charge < -0.3 is 14.7 Å². The second-order valence-electron chi connectivity index (χ2n) is 4.72. The van der Waals surface area contributed by atoms with Crippen LogP contribution in [0, 0.1) is 5.95 Å². The Hall–Kier alpha value is -2.26. The summed E-state index contributed by atoms with van der Waals surface area (Å²) in [6.07, 6.45) is 2.10. The molecule has 2 amide bonds. The van der Waals surface area contributed by atoms with Crippen molar-refractivity contribution in [3.63, 3.8) is 0 Å². The van der Waals surface area contributed by atoms with Gasteiger partial charge >= 0.3 is 6.03 Å². The first-order valence-corrected chi connectivity index (χ1v) is 7.78. The van der Waals surface area contributed by atoms with Crippen LogP contribution >= 0.6 is 11.3 Å². The van der Waals surface area contributed by atoms with Crippen LogP contribution in [0.1, 0.15) is 13.8 Å². The Kier molecular flexibility index (Phi) is 5.83. The summed E-state index contributed by atoms with van der Waals surface area (Å²) in [6.45, 7) is 4.13. The molecule has 2 rings (SSSR count). The van der Waals surface area contributed by atoms with E-state index in [1.54, 1.807) is 6.92 Å². The molecule has 1 atom stereocenters. The van der Waals surface area contributed by atoms with Crippen molar-refractivity contribution >= 4 is 22.5 Å². The number of anilines is 1. The lowest BCUT2D eigenvalue weighted by Crippen LogP contribution is -2.39. The van der Waals surface area contributed by atoms with Crippen molar-refractivity contribution in [3.05, 3.63) is 30.5 Å². The number of thiazole rings is 1. The number of aromatic nitrogens is 2. The van der Waals surface area contributed by atoms with Gasteiger partial charge in [0.25, 0.3) is 0 Å². The molecule has 0 aliphatic carbocycles. The number of halogens is 1. The summed E-state index contributed by atoms with van der Waals surface area (Å²) in [5.74, 6) is -0.218. The van der Waals surface area contributed by atoms with Crippen LogP contribution in [0.2, 0.25) is 0 Å². The van der Waals surface area contributed by atoms with Crippen molar-refractivity contribution in [2.24, 2.45) is 0 Å². The fraction of sp³-hybridized carbons (Fsp3) is 0.357. The molecule has 124 valence electrons. The number of hydrogen-bond acceptors (Lipinski definition) is 6. The molecule has 2 aromatic rings. The largest absolute Gasteiger partial charge is 0.443 e. The van der Waals surface area contributed by atoms with Gasteiger partial charge in [0.1, 0.15) is 5.75 Å². The number of pyridine rings is 1. The second kappa shape index (κ2) is 7.84. The fourth-order valence-electron chi connectivity index (χ4n) is 1.75. The van der Waals surface area contributed by atoms with Gasteiger partial charge in [-0.3, -0.25) is 5.32 Å². The number of nitrogens with one attached hydrogen (secondary N) is 1. The highest BCUT2D eigenvalue weighted by molar-refractivity contribution is 7.17. The van der Waals surface area contributed by atoms with Crippen LogP contribution in [0.3, 0.4) is 0 Å². The molecular weight excluding hydrogens is 323 g/mol. The van der Waals surface area contributed by atoms with Gasteiger partial charge in [-0.15, -0.1) is 0 Å². The normalized spacial score (nSPS) is 11.8. The van der Waals surface area contributed by atoms with Crippen LogP contribution in [0.5, 0.6) is 10.8 Å². The lowest BCUT2D eigenvalue weighted by molar-refractivity contribution is 0.141. The fourth-order valence-corrected chi connectivity index (χ4v) is 2.43. The Balaban J connectivity index is 1.96. The molecule has 2 aromatic heterocycles. The number of aliphatic hydroxyl groups excluding tert-OH is 1. The number of carbonyl (C=O) groups excluding carboxylic acids is 1. The number of nitrogens with zero attached hydrogens (tertiary/aromatic N) is 3. The van der Waals surface area contributed by atoms with Crippen molar-refractivity contribution in [2.75, 3.05) is 18.4 Å². The van der Waals surface area contributed by atoms with Crippen molar-refractivity contribution in [1.29, 1.82) is 0 Å². The number of likely N-dealkylation sites (N-methyl/N-ethyl adjacent to an activating group) is 1. The molecule has 9 heteroatoms. The predicted octanol–water partition coefficient (Wildman–Crippen LogP) is 2.70. The molecular formula is C14H17FN4O3S. The first-order chi connectivity index (χ1) is 11.0. The number of ether oxygens (including phenoxy) is 1. The third kappa shape index (κ3) is 5.15. The summed E-state index contributed by atoms with van der Waals surface area (Å²) in [7, 11) is 0. The number of aliphatic hydroxyl groups is 1. The monoisotopic (exact) mass is 340 g/mol. The standard InChI is InChI=1S/C14H17FN4O3S/c1-3-19(8-9(2)20)14(21)18-13-17-7-12(23-13)22-10-4-5-11(15)16-6-10/h4-7,9,20H,3,8H2,1-2H3,(H,17,18,21)/t9-/m0/s1. The second-order valence-corrected chi connectivity index (χ2v) is 5.71. The highest BCUT2D eigenvalue weighted by atomic mass is 32.1. The minimum absolute atomic E-state index is 0.234. The Morgan fingerprint density at radius 2 is 2.26 bits per heavy atom. The van der Waals surface area contributed by atoms with Crippen LogP contribution in [-0.4, -0.2) is 45.2 Å². The topological polar surface area (TPSA) is 87.6 Å². The van der Waals surface area contributed by atoms with Crippen LogP contribution in [-0.2, 0) is 0 Å². The first-order valence-electron chi connectivity index (χ1n) is 6.97. The summed E-state index contributed by atoms with van der Waals surface area (Å²) in [5.41, 5.74) is 0. The Morgan fingerprint density at radius 1 is 1.48 bits per heavy atom. The lowest BCUT2D eigenvalue weighted by Gasteiger charge is -2.21. The van der Waals surface area contributed by atoms with Crippen molar-refractivity contribution in [2.45, 2.75) is 20.0 Å². The number of amides is 2. The molecule has 0 spiro atoms. The molecule has 0 unspecified atom stereocenters. The average molecular weight is 340 g/mol. The van der Waals surface area contributed by atoms with Crippen molar-refractivity contribution in [3.8, 4) is 10.8 Å². The van der Waals surface area contributed by atoms with E-state index in [1.807, 2.05) is 6.92 Å². The molecule has 0 aliphatic heterocycles. The summed E-state index contributed by atoms with van der Waals surface area (Å²) in [5, 5.41) is 12.8. The van der Waals surface area contributed by atoms with Crippen molar-refractivity contribution in [1.82, 2.24) is 14.9 Å². The minimum atomic E-state index is -0.609. The van der Waals surface area contributed by atoms with Gasteiger partial charge in [-0.25, -0.2) is 14.8 Å². The maximum absolute atomic E-state index is 12.7. The van der Waals surface area contributed by atoms with Gasteiger partial charge in [0.15, 0.2) is 5.13 Å². The quantitative estimate of drug-likeness (QED) is 0.790. The molecule has 2 heterocycles. The van der Waals surface area contributed by atoms with Gasteiger partial charge in [0.05, 0.1) is 18.5 Å². The van der Waals surface area contributed by atoms with Gasteiger partial charge in [0, 0.05) is 13.1 Å². The maximum atomic E-state index is 12.7. The number of urea groups is 1. The number of rotatable bonds is 6. The molecule has 0 bridgehead atoms. The van der Waals surface area contributed by atoms with E-state index in [4.69, 9.17) is 4.74 Å². The van der Waals surface area contributed by atoms with Gasteiger partial charge in [0.2, 0.25) is 11.0 Å². The molecule has 0 saturated carbocycles. The zero-order valence-corrected chi connectivity index (χ0v) is 13.5. The lowest BCUT2D eigenvalue weighted by atomic mass is 10.4. The summed E-state index contributed by atoms with van der Waals surface area (Å²) >= 11 is 1.13. The summed E-state index contributed by atoms with van der Waals surface area (Å²) < 4.78 is 18.2. The van der Waals surface area contributed by atoms with E-state index in [2.05, 4.69) is 15.3 Å². The van der Waals surface area contributed by atoms with Crippen LogP contribution in [0.4, 0.5) is 14.3 Å². The molecule has 7 nitrogen and oxygen atoms in total. The summed E-state index contributed by atoms with van der Waals surface area (Å²) in [4.78, 5) is 21.1. The van der Waals surface area contributed by atoms with Crippen molar-refractivity contribution < 1.29 is 19.0 Å². The van der Waals surface area contributed by atoms with E-state index in [9.17, 15) is 14.3 Å². The maximum Gasteiger partial charge on any atom is 0.323 e. The highest BCUT2D eigenvalue weighted by Crippen LogP contribution is 2.30. The van der Waals surface area contributed by atoms with Crippen LogP contribution < -0.4 is 10.1 Å². The van der Waals surface area contributed by atoms with E-state index in [0.717, 1.165) is 11.3 Å². The Bertz CT molecular complexity index is 648. The smallest absolute Gasteiger partial charge is 0.323 e. The Labute approximate surface area is 136 Å². The molecule has 0 radical (unpaired) electrons. The third-order valence-electron chi connectivity index (χ3n) is 2.77. The zero-order valence-electron chi connectivity index (χ0n) is 12.7. The minimum Gasteiger partial charge on any atom is -0.443 e. The van der Waals surface area contributed by atoms with E-state index in [-0.39, 0.29) is 12.6 Å². The van der Waals surface area contributed by atoms with Gasteiger partial charge in [-0.05, 0) is 26.0 Å². The van der Waals surface area contributed by atoms with E-state index in [0.29, 0.717) is 22.5 Å². The average Bonchev–Trinajstić information content (AvgIpc) is 2.94. The zero-order chi connectivity index (χ0) is 16.8. The van der Waals surface area contributed by atoms with Crippen LogP contribution in [0.25, 0.3) is 0 Å². The third-order valence-corrected chi connectivity index (χ3v) is 3.56. The SMILES string of the molecule is CCN(C[C@H](C)O)C(=O)Nc1ncc(Oc2ccc(F)nc2)s1. The molecule has 23 heavy (non-hydrogen) atoms. The summed E-state index contributed by atoms with van der Waals surface area (Å²) in [6, 6.07) is 2.29. The number of hydrogen-bond donors (Lipinski definition) is 2. The first kappa shape index (κ1) is 17.1. The van der Waals surface area contributed by atoms with E-state index < -0.39 is 12.1 Å². The van der Waals surface area contributed by atoms with Gasteiger partial charge in [-0.2, -0.15) is 4.39 Å². The molecule has 0 aliphatic rings. The molecule has 2 N–H and O–H groups in total. The van der Waals surface area contributed by atoms with Gasteiger partial charge in [-0.1, -0.05) is 11.3 Å². The molecule has 0 aromatic carbocycles. The number of carbonyl (C=O) groups is 1. The van der Waals surface area contributed by atoms with E-state index in [1.165, 1.54) is 29.4 Å². The molecule has 0 saturated heterocycles.